The fourth-order valence-corrected chi connectivity index (χ4v) is 4.19. The number of carboxylic acid groups (broad SMARTS) is 1. The normalized spacial score (nSPS) is 11.5. The highest BCUT2D eigenvalue weighted by molar-refractivity contribution is 7.12. The fraction of sp³-hybridized carbons (Fsp3) is 0.320. The number of carbonyl (C=O) groups excluding carboxylic acids is 2. The minimum absolute atomic E-state index is 0.187. The molecule has 3 aromatic rings. The molecule has 11 heteroatoms. The first-order valence-electron chi connectivity index (χ1n) is 11.4. The van der Waals surface area contributed by atoms with E-state index < -0.39 is 23.8 Å². The average molecular weight is 512 g/mol. The first kappa shape index (κ1) is 26.6. The second-order valence-electron chi connectivity index (χ2n) is 8.30. The van der Waals surface area contributed by atoms with Gasteiger partial charge in [-0.15, -0.1) is 11.3 Å². The van der Waals surface area contributed by atoms with Gasteiger partial charge in [0.15, 0.2) is 0 Å². The van der Waals surface area contributed by atoms with Crippen LogP contribution in [0.1, 0.15) is 49.0 Å². The number of hydrogen-bond donors (Lipinski definition) is 5. The van der Waals surface area contributed by atoms with E-state index in [0.717, 1.165) is 24.0 Å². The third-order valence-corrected chi connectivity index (χ3v) is 6.38. The van der Waals surface area contributed by atoms with Gasteiger partial charge in [0.25, 0.3) is 11.8 Å². The number of nitrogens with one attached hydrogen (secondary N) is 3. The molecule has 0 radical (unpaired) electrons. The zero-order valence-electron chi connectivity index (χ0n) is 20.3. The molecular formula is C25H29N5O5S. The van der Waals surface area contributed by atoms with Crippen molar-refractivity contribution in [1.82, 2.24) is 20.6 Å². The topological polar surface area (TPSA) is 154 Å². The summed E-state index contributed by atoms with van der Waals surface area (Å²) in [6, 6.07) is 7.64. The van der Waals surface area contributed by atoms with E-state index in [1.807, 2.05) is 19.1 Å². The van der Waals surface area contributed by atoms with E-state index in [1.54, 1.807) is 37.4 Å². The maximum Gasteiger partial charge on any atom is 0.328 e. The van der Waals surface area contributed by atoms with Gasteiger partial charge in [0.1, 0.15) is 11.8 Å². The molecule has 3 rings (SSSR count). The van der Waals surface area contributed by atoms with E-state index in [9.17, 15) is 24.6 Å². The molecule has 10 nitrogen and oxygen atoms in total. The first-order valence-corrected chi connectivity index (χ1v) is 12.3. The number of amides is 2. The number of thiophene rings is 1. The number of aryl methyl sites for hydroxylation is 4. The van der Waals surface area contributed by atoms with Gasteiger partial charge < -0.3 is 26.2 Å². The maximum absolute atomic E-state index is 12.8. The van der Waals surface area contributed by atoms with E-state index in [-0.39, 0.29) is 17.9 Å². The smallest absolute Gasteiger partial charge is 0.328 e. The molecule has 0 bridgehead atoms. The Bertz CT molecular complexity index is 1220. The van der Waals surface area contributed by atoms with Crippen LogP contribution in [0.2, 0.25) is 0 Å². The van der Waals surface area contributed by atoms with E-state index in [1.165, 1.54) is 11.3 Å². The summed E-state index contributed by atoms with van der Waals surface area (Å²) >= 11 is 1.23. The van der Waals surface area contributed by atoms with Crippen molar-refractivity contribution in [2.45, 2.75) is 39.7 Å². The standard InChI is InChI=1S/C25H29N5O5S/c1-14-8-9-17(12-19(14)31)6-4-10-26-25-28-15(2)21(16(3)29-25)23(33)30-18(24(34)35)13-27-22(32)20-7-5-11-36-20/h5,7-9,11-12,18,31H,4,6,10,13H2,1-3H3,(H,27,32)(H,30,33)(H,34,35)(H,26,28,29). The molecule has 5 N–H and O–H groups in total. The molecule has 0 aliphatic carbocycles. The van der Waals surface area contributed by atoms with Crippen molar-refractivity contribution in [3.63, 3.8) is 0 Å². The monoisotopic (exact) mass is 511 g/mol. The van der Waals surface area contributed by atoms with Crippen molar-refractivity contribution < 1.29 is 24.6 Å². The fourth-order valence-electron chi connectivity index (χ4n) is 3.55. The maximum atomic E-state index is 12.8. The van der Waals surface area contributed by atoms with Gasteiger partial charge in [-0.05, 0) is 62.3 Å². The molecule has 0 spiro atoms. The molecule has 1 unspecified atom stereocenters. The minimum atomic E-state index is -1.32. The minimum Gasteiger partial charge on any atom is -0.508 e. The molecule has 36 heavy (non-hydrogen) atoms. The Morgan fingerprint density at radius 1 is 1.06 bits per heavy atom. The highest BCUT2D eigenvalue weighted by Crippen LogP contribution is 2.18. The van der Waals surface area contributed by atoms with Gasteiger partial charge in [-0.1, -0.05) is 18.2 Å². The van der Waals surface area contributed by atoms with E-state index in [0.29, 0.717) is 28.8 Å². The lowest BCUT2D eigenvalue weighted by molar-refractivity contribution is -0.139. The van der Waals surface area contributed by atoms with Gasteiger partial charge in [-0.2, -0.15) is 0 Å². The Morgan fingerprint density at radius 3 is 2.39 bits per heavy atom. The van der Waals surface area contributed by atoms with Gasteiger partial charge in [0, 0.05) is 13.1 Å². The Kier molecular flexibility index (Phi) is 8.96. The Hall–Kier alpha value is -3.99. The van der Waals surface area contributed by atoms with Crippen molar-refractivity contribution in [3.8, 4) is 5.75 Å². The van der Waals surface area contributed by atoms with Crippen molar-refractivity contribution >= 4 is 35.1 Å². The highest BCUT2D eigenvalue weighted by atomic mass is 32.1. The van der Waals surface area contributed by atoms with Crippen LogP contribution in [0, 0.1) is 20.8 Å². The van der Waals surface area contributed by atoms with Crippen LogP contribution >= 0.6 is 11.3 Å². The lowest BCUT2D eigenvalue weighted by Gasteiger charge is -2.17. The molecule has 1 aromatic carbocycles. The second-order valence-corrected chi connectivity index (χ2v) is 9.24. The van der Waals surface area contributed by atoms with Crippen LogP contribution in [0.3, 0.4) is 0 Å². The highest BCUT2D eigenvalue weighted by Gasteiger charge is 2.24. The molecular weight excluding hydrogens is 482 g/mol. The molecule has 2 amide bonds. The molecule has 0 fully saturated rings. The van der Waals surface area contributed by atoms with Crippen LogP contribution in [-0.4, -0.2) is 57.1 Å². The molecule has 0 aliphatic rings. The van der Waals surface area contributed by atoms with Gasteiger partial charge in [-0.25, -0.2) is 14.8 Å². The number of phenolic OH excluding ortho intramolecular Hbond substituents is 1. The van der Waals surface area contributed by atoms with Gasteiger partial charge in [0.05, 0.1) is 21.8 Å². The number of aromatic nitrogens is 2. The Labute approximate surface area is 212 Å². The number of anilines is 1. The van der Waals surface area contributed by atoms with Crippen molar-refractivity contribution in [3.05, 3.63) is 68.7 Å². The zero-order valence-corrected chi connectivity index (χ0v) is 21.1. The van der Waals surface area contributed by atoms with E-state index in [2.05, 4.69) is 25.9 Å². The molecule has 1 atom stereocenters. The number of rotatable bonds is 11. The van der Waals surface area contributed by atoms with Crippen LogP contribution in [-0.2, 0) is 11.2 Å². The summed E-state index contributed by atoms with van der Waals surface area (Å²) in [5, 5.41) is 29.2. The van der Waals surface area contributed by atoms with Gasteiger partial charge in [-0.3, -0.25) is 9.59 Å². The number of nitrogens with zero attached hydrogens (tertiary/aromatic N) is 2. The third-order valence-electron chi connectivity index (χ3n) is 5.51. The summed E-state index contributed by atoms with van der Waals surface area (Å²) in [5.74, 6) is -1.67. The summed E-state index contributed by atoms with van der Waals surface area (Å²) in [6.07, 6.45) is 1.54. The van der Waals surface area contributed by atoms with Gasteiger partial charge in [0.2, 0.25) is 5.95 Å². The number of carbonyl (C=O) groups is 3. The molecule has 2 heterocycles. The summed E-state index contributed by atoms with van der Waals surface area (Å²) in [6.45, 7) is 5.47. The molecule has 2 aromatic heterocycles. The lowest BCUT2D eigenvalue weighted by Crippen LogP contribution is -2.48. The van der Waals surface area contributed by atoms with Gasteiger partial charge >= 0.3 is 5.97 Å². The second kappa shape index (κ2) is 12.1. The average Bonchev–Trinajstić information content (AvgIpc) is 3.36. The molecule has 190 valence electrons. The zero-order chi connectivity index (χ0) is 26.2. The number of carboxylic acids is 1. The predicted octanol–water partition coefficient (Wildman–Crippen LogP) is 2.83. The molecule has 0 saturated heterocycles. The largest absolute Gasteiger partial charge is 0.508 e. The lowest BCUT2D eigenvalue weighted by atomic mass is 10.1. The van der Waals surface area contributed by atoms with E-state index >= 15 is 0 Å². The van der Waals surface area contributed by atoms with Crippen molar-refractivity contribution in [2.75, 3.05) is 18.4 Å². The van der Waals surface area contributed by atoms with Crippen molar-refractivity contribution in [1.29, 1.82) is 0 Å². The van der Waals surface area contributed by atoms with Crippen LogP contribution in [0.25, 0.3) is 0 Å². The predicted molar refractivity (Wildman–Crippen MR) is 137 cm³/mol. The number of phenols is 1. The Morgan fingerprint density at radius 2 is 1.78 bits per heavy atom. The number of benzene rings is 1. The van der Waals surface area contributed by atoms with Crippen LogP contribution in [0.4, 0.5) is 5.95 Å². The SMILES string of the molecule is Cc1ccc(CCCNc2nc(C)c(C(=O)NC(CNC(=O)c3cccs3)C(=O)O)c(C)n2)cc1O. The summed E-state index contributed by atoms with van der Waals surface area (Å²) in [5.41, 5.74) is 2.85. The van der Waals surface area contributed by atoms with Crippen LogP contribution < -0.4 is 16.0 Å². The summed E-state index contributed by atoms with van der Waals surface area (Å²) in [7, 11) is 0. The number of aromatic hydroxyl groups is 1. The van der Waals surface area contributed by atoms with E-state index in [4.69, 9.17) is 0 Å². The molecule has 0 aliphatic heterocycles. The number of aliphatic carboxylic acids is 1. The summed E-state index contributed by atoms with van der Waals surface area (Å²) < 4.78 is 0. The van der Waals surface area contributed by atoms with Crippen LogP contribution in [0.5, 0.6) is 5.75 Å². The van der Waals surface area contributed by atoms with Crippen LogP contribution in [0.15, 0.2) is 35.7 Å². The quantitative estimate of drug-likeness (QED) is 0.246. The first-order chi connectivity index (χ1) is 17.2. The summed E-state index contributed by atoms with van der Waals surface area (Å²) in [4.78, 5) is 45.8. The third kappa shape index (κ3) is 7.01. The molecule has 0 saturated carbocycles. The number of hydrogen-bond acceptors (Lipinski definition) is 8. The Balaban J connectivity index is 1.56. The van der Waals surface area contributed by atoms with Crippen molar-refractivity contribution in [2.24, 2.45) is 0 Å².